The number of carboxylic acids is 2. The van der Waals surface area contributed by atoms with Gasteiger partial charge in [-0.05, 0) is 52.6 Å². The number of carbonyl (C=O) groups is 6. The molecule has 24 heteroatoms. The number of fused-ring (bicyclic) bond motifs is 3. The van der Waals surface area contributed by atoms with Crippen molar-refractivity contribution < 1.29 is 98.9 Å². The minimum Gasteiger partial charge on any atom is -0.504 e. The maximum atomic E-state index is 13.1. The van der Waals surface area contributed by atoms with Gasteiger partial charge >= 0.3 is 37.7 Å². The number of aliphatic carboxylic acids is 2. The van der Waals surface area contributed by atoms with E-state index in [2.05, 4.69) is 18.9 Å². The minimum atomic E-state index is -3.17. The quantitative estimate of drug-likeness (QED) is 0.0222. The Balaban J connectivity index is 0.000000331. The topological polar surface area (TPSA) is 218 Å². The molecule has 3 aromatic heterocycles. The number of benzene rings is 3. The second-order valence-corrected chi connectivity index (χ2v) is 18.6. The van der Waals surface area contributed by atoms with E-state index in [4.69, 9.17) is 19.7 Å². The number of rotatable bonds is 24. The zero-order chi connectivity index (χ0) is 51.6. The van der Waals surface area contributed by atoms with Crippen LogP contribution in [0.3, 0.4) is 0 Å². The van der Waals surface area contributed by atoms with E-state index in [1.54, 1.807) is 6.92 Å². The molecule has 0 saturated heterocycles. The Hall–Kier alpha value is -6.66. The van der Waals surface area contributed by atoms with Crippen LogP contribution in [0.2, 0.25) is 0 Å². The number of esters is 1. The molecule has 0 spiro atoms. The first-order chi connectivity index (χ1) is 33.0. The zero-order valence-electron chi connectivity index (χ0n) is 37.1. The lowest BCUT2D eigenvalue weighted by atomic mass is 10.0. The summed E-state index contributed by atoms with van der Waals surface area (Å²) in [5, 5.41) is 29.3. The largest absolute Gasteiger partial charge is 0.504 e. The van der Waals surface area contributed by atoms with Crippen LogP contribution in [0.4, 0.5) is 26.3 Å². The smallest absolute Gasteiger partial charge is 0.387 e. The predicted molar refractivity (Wildman–Crippen MR) is 244 cm³/mol. The summed E-state index contributed by atoms with van der Waals surface area (Å²) in [7, 11) is 1.25. The van der Waals surface area contributed by atoms with Crippen molar-refractivity contribution >= 4 is 99.5 Å². The molecular weight excluding hydrogens is 1000 g/mol. The third-order valence-corrected chi connectivity index (χ3v) is 13.4. The van der Waals surface area contributed by atoms with Crippen LogP contribution in [0.5, 0.6) is 34.5 Å². The van der Waals surface area contributed by atoms with Crippen LogP contribution < -0.4 is 23.7 Å². The van der Waals surface area contributed by atoms with Crippen molar-refractivity contribution in [2.24, 2.45) is 17.8 Å². The fraction of sp³-hybridized carbons (Fsp3) is 0.348. The van der Waals surface area contributed by atoms with E-state index in [0.29, 0.717) is 35.1 Å². The molecule has 15 nitrogen and oxygen atoms in total. The van der Waals surface area contributed by atoms with Crippen LogP contribution in [0.15, 0.2) is 54.6 Å². The van der Waals surface area contributed by atoms with Crippen molar-refractivity contribution in [2.75, 3.05) is 20.3 Å². The van der Waals surface area contributed by atoms with Gasteiger partial charge in [0.05, 0.1) is 52.7 Å². The number of aromatic hydroxyl groups is 1. The number of methoxy groups -OCH3 is 1. The van der Waals surface area contributed by atoms with Gasteiger partial charge in [-0.3, -0.25) is 28.8 Å². The normalized spacial score (nSPS) is 12.6. The van der Waals surface area contributed by atoms with Crippen molar-refractivity contribution in [2.45, 2.75) is 66.3 Å². The first kappa shape index (κ1) is 54.3. The van der Waals surface area contributed by atoms with E-state index in [0.717, 1.165) is 34.0 Å². The average molecular weight is 1050 g/mol. The van der Waals surface area contributed by atoms with Gasteiger partial charge in [-0.25, -0.2) is 0 Å². The molecule has 3 heterocycles. The molecule has 3 aromatic carbocycles. The number of phenols is 1. The lowest BCUT2D eigenvalue weighted by Gasteiger charge is -2.14. The number of carboxylic acid groups (broad SMARTS) is 2. The van der Waals surface area contributed by atoms with E-state index < -0.39 is 72.8 Å². The molecule has 0 aliphatic rings. The number of halogens is 6. The Morgan fingerprint density at radius 1 is 0.500 bits per heavy atom. The average Bonchev–Trinajstić information content (AvgIpc) is 4.02. The van der Waals surface area contributed by atoms with Crippen LogP contribution in [0.25, 0.3) is 30.3 Å². The van der Waals surface area contributed by atoms with E-state index in [1.165, 1.54) is 75.6 Å². The van der Waals surface area contributed by atoms with Crippen molar-refractivity contribution in [3.8, 4) is 34.5 Å². The van der Waals surface area contributed by atoms with E-state index >= 15 is 0 Å². The zero-order valence-corrected chi connectivity index (χ0v) is 39.6. The second-order valence-electron chi connectivity index (χ2n) is 15.3. The summed E-state index contributed by atoms with van der Waals surface area (Å²) in [6.45, 7) is -5.18. The predicted octanol–water partition coefficient (Wildman–Crippen LogP) is 11.3. The van der Waals surface area contributed by atoms with Gasteiger partial charge in [-0.2, -0.15) is 26.3 Å². The Labute approximate surface area is 405 Å². The monoisotopic (exact) mass is 1040 g/mol. The summed E-state index contributed by atoms with van der Waals surface area (Å²) < 4.78 is 108. The third kappa shape index (κ3) is 14.7. The van der Waals surface area contributed by atoms with Crippen molar-refractivity contribution in [3.05, 3.63) is 69.2 Å². The number of ketones is 3. The highest BCUT2D eigenvalue weighted by Crippen LogP contribution is 2.41. The molecule has 0 unspecified atom stereocenters. The molecule has 0 bridgehead atoms. The molecule has 0 aliphatic heterocycles. The van der Waals surface area contributed by atoms with Crippen LogP contribution in [-0.2, 0) is 19.1 Å². The highest BCUT2D eigenvalue weighted by atomic mass is 32.1. The van der Waals surface area contributed by atoms with Gasteiger partial charge in [0.1, 0.15) is 0 Å². The minimum absolute atomic E-state index is 0.0220. The Morgan fingerprint density at radius 3 is 1.20 bits per heavy atom. The van der Waals surface area contributed by atoms with E-state index in [9.17, 15) is 60.2 Å². The molecule has 0 saturated carbocycles. The van der Waals surface area contributed by atoms with Crippen molar-refractivity contribution in [1.29, 1.82) is 0 Å². The Kier molecular flexibility index (Phi) is 18.8. The van der Waals surface area contributed by atoms with E-state index in [-0.39, 0.29) is 83.2 Å². The second kappa shape index (κ2) is 24.3. The fourth-order valence-corrected chi connectivity index (χ4v) is 9.44. The highest BCUT2D eigenvalue weighted by Gasteiger charge is 2.24. The first-order valence-electron chi connectivity index (χ1n) is 20.7. The van der Waals surface area contributed by atoms with Crippen molar-refractivity contribution in [1.82, 2.24) is 0 Å². The number of phenolic OH excluding ortho intramolecular Hbond substituents is 1. The molecule has 0 radical (unpaired) electrons. The van der Waals surface area contributed by atoms with Gasteiger partial charge in [0.25, 0.3) is 0 Å². The van der Waals surface area contributed by atoms with Crippen LogP contribution in [0, 0.1) is 17.8 Å². The number of hydrogen-bond donors (Lipinski definition) is 3. The molecule has 6 rings (SSSR count). The molecule has 376 valence electrons. The maximum Gasteiger partial charge on any atom is 0.387 e. The summed E-state index contributed by atoms with van der Waals surface area (Å²) in [4.78, 5) is 71.7. The summed E-state index contributed by atoms with van der Waals surface area (Å²) in [6, 6.07) is 12.5. The Morgan fingerprint density at radius 2 is 0.843 bits per heavy atom. The van der Waals surface area contributed by atoms with E-state index in [1.807, 2.05) is 0 Å². The van der Waals surface area contributed by atoms with Gasteiger partial charge in [0.2, 0.25) is 0 Å². The molecule has 70 heavy (non-hydrogen) atoms. The Bertz CT molecular complexity index is 2750. The number of alkyl halides is 6. The van der Waals surface area contributed by atoms with Gasteiger partial charge in [0, 0.05) is 58.0 Å². The molecular formula is C46H42F6O15S3. The number of carbonyl (C=O) groups excluding carboxylic acids is 4. The lowest BCUT2D eigenvalue weighted by molar-refractivity contribution is -0.145. The molecule has 0 amide bonds. The maximum absolute atomic E-state index is 13.1. The molecule has 3 N–H and O–H groups in total. The van der Waals surface area contributed by atoms with Crippen LogP contribution in [-0.4, -0.2) is 90.7 Å². The van der Waals surface area contributed by atoms with Gasteiger partial charge < -0.3 is 43.7 Å². The number of hydrogen-bond acceptors (Lipinski definition) is 16. The summed E-state index contributed by atoms with van der Waals surface area (Å²) in [6.07, 6.45) is -0.341. The third-order valence-electron chi connectivity index (χ3n) is 9.96. The first-order valence-corrected chi connectivity index (χ1v) is 23.1. The van der Waals surface area contributed by atoms with Crippen molar-refractivity contribution in [3.63, 3.8) is 0 Å². The number of thiophene rings is 3. The summed E-state index contributed by atoms with van der Waals surface area (Å²) in [5.74, 6) is -7.67. The van der Waals surface area contributed by atoms with Crippen LogP contribution >= 0.6 is 34.0 Å². The summed E-state index contributed by atoms with van der Waals surface area (Å²) >= 11 is 3.08. The van der Waals surface area contributed by atoms with Gasteiger partial charge in [-0.15, -0.1) is 34.0 Å². The summed E-state index contributed by atoms with van der Waals surface area (Å²) in [5.41, 5.74) is 0. The molecule has 3 atom stereocenters. The molecule has 6 aromatic rings. The molecule has 0 fully saturated rings. The number of ether oxygens (including phenoxy) is 6. The van der Waals surface area contributed by atoms with Gasteiger partial charge in [0.15, 0.2) is 51.8 Å². The highest BCUT2D eigenvalue weighted by molar-refractivity contribution is 7.21. The molecule has 0 aliphatic carbocycles. The fourth-order valence-electron chi connectivity index (χ4n) is 6.37. The number of Topliss-reactive ketones (excluding diaryl/α,β-unsaturated/α-hetero) is 3. The standard InChI is InChI=1S/C31H28F4O10S2.C15H14F2O5S/c1-14(28(38)39)6-18(36)26-10-16-8-20(22(44-30(32)33)12-24(16)46-26)42-4-3-5-43-21-9-17-11-27(19(37)7-15(2)29(40)41)47-25(17)13-23(21)45-31(34)35;1-7(14(20)21-2)3-10(19)13-5-8-4-9(18)11(22-15(16)17)6-12(8)23-13/h8-15,30-31H,3-7H2,1-2H3,(H,38,39)(H,40,41);4-7,15,18H,3H2,1-2H3/t14-,15-;7-/m00/s1. The van der Waals surface area contributed by atoms with Gasteiger partial charge in [-0.1, -0.05) is 20.8 Å². The lowest BCUT2D eigenvalue weighted by Crippen LogP contribution is -2.16. The SMILES string of the molecule is COC(=O)[C@@H](C)CC(=O)c1cc2cc(O)c(OC(F)F)cc2s1.C[C@@H](CC(=O)c1cc2cc(OCCCOc3cc4cc(C(=O)C[C@H](C)C(=O)O)sc4cc3OC(F)F)c(OC(F)F)cc2s1)C(=O)O. The van der Waals surface area contributed by atoms with Crippen LogP contribution in [0.1, 0.15) is 75.5 Å².